The molecule has 136 valence electrons. The lowest BCUT2D eigenvalue weighted by Gasteiger charge is -2.08. The van der Waals surface area contributed by atoms with Crippen LogP contribution in [0.15, 0.2) is 54.6 Å². The van der Waals surface area contributed by atoms with Crippen LogP contribution in [-0.2, 0) is 4.79 Å². The molecular weight excluding hydrogens is 334 g/mol. The third kappa shape index (κ3) is 5.62. The zero-order chi connectivity index (χ0) is 18.8. The first-order valence-corrected chi connectivity index (χ1v) is 8.27. The van der Waals surface area contributed by atoms with Crippen molar-refractivity contribution >= 4 is 23.4 Å². The summed E-state index contributed by atoms with van der Waals surface area (Å²) in [6.07, 6.45) is 3.12. The number of carbonyl (C=O) groups is 1. The Morgan fingerprint density at radius 2 is 1.88 bits per heavy atom. The van der Waals surface area contributed by atoms with Crippen molar-refractivity contribution in [2.45, 2.75) is 6.92 Å². The third-order valence-electron chi connectivity index (χ3n) is 3.47. The molecule has 2 N–H and O–H groups in total. The van der Waals surface area contributed by atoms with Gasteiger partial charge in [0.1, 0.15) is 11.4 Å². The summed E-state index contributed by atoms with van der Waals surface area (Å²) < 4.78 is 5.50. The van der Waals surface area contributed by atoms with Gasteiger partial charge in [-0.05, 0) is 25.1 Å². The summed E-state index contributed by atoms with van der Waals surface area (Å²) in [5, 5.41) is 16.6. The number of nitro groups is 1. The van der Waals surface area contributed by atoms with Crippen LogP contribution in [0.25, 0.3) is 6.08 Å². The van der Waals surface area contributed by atoms with Gasteiger partial charge in [0, 0.05) is 30.8 Å². The summed E-state index contributed by atoms with van der Waals surface area (Å²) in [4.78, 5) is 22.4. The van der Waals surface area contributed by atoms with Crippen LogP contribution in [0.3, 0.4) is 0 Å². The van der Waals surface area contributed by atoms with Gasteiger partial charge in [0.15, 0.2) is 0 Å². The van der Waals surface area contributed by atoms with Crippen LogP contribution < -0.4 is 15.4 Å². The standard InChI is InChI=1S/C19H21N3O4/c1-2-26-18-10-6-3-7-15(18)11-12-19(23)21-14-13-20-16-8-4-5-9-17(16)22(24)25/h3-12,20H,2,13-14H2,1H3,(H,21,23)/b12-11+. The fraction of sp³-hybridized carbons (Fsp3) is 0.211. The fourth-order valence-corrected chi connectivity index (χ4v) is 2.29. The maximum Gasteiger partial charge on any atom is 0.292 e. The highest BCUT2D eigenvalue weighted by atomic mass is 16.6. The Morgan fingerprint density at radius 3 is 2.65 bits per heavy atom. The fourth-order valence-electron chi connectivity index (χ4n) is 2.29. The van der Waals surface area contributed by atoms with Gasteiger partial charge < -0.3 is 15.4 Å². The van der Waals surface area contributed by atoms with E-state index in [1.54, 1.807) is 24.3 Å². The topological polar surface area (TPSA) is 93.5 Å². The van der Waals surface area contributed by atoms with E-state index in [4.69, 9.17) is 4.74 Å². The van der Waals surface area contributed by atoms with Crippen molar-refractivity contribution in [1.29, 1.82) is 0 Å². The van der Waals surface area contributed by atoms with Crippen LogP contribution in [0.2, 0.25) is 0 Å². The predicted molar refractivity (Wildman–Crippen MR) is 101 cm³/mol. The Kier molecular flexibility index (Phi) is 7.17. The van der Waals surface area contributed by atoms with Crippen molar-refractivity contribution < 1.29 is 14.5 Å². The Hall–Kier alpha value is -3.35. The van der Waals surface area contributed by atoms with Crippen LogP contribution in [-0.4, -0.2) is 30.5 Å². The van der Waals surface area contributed by atoms with Gasteiger partial charge in [-0.3, -0.25) is 14.9 Å². The first-order chi connectivity index (χ1) is 12.6. The van der Waals surface area contributed by atoms with E-state index in [2.05, 4.69) is 10.6 Å². The number of amides is 1. The molecule has 0 radical (unpaired) electrons. The van der Waals surface area contributed by atoms with E-state index in [1.807, 2.05) is 31.2 Å². The number of nitro benzene ring substituents is 1. The van der Waals surface area contributed by atoms with Gasteiger partial charge in [0.05, 0.1) is 11.5 Å². The lowest BCUT2D eigenvalue weighted by molar-refractivity contribution is -0.384. The average Bonchev–Trinajstić information content (AvgIpc) is 2.65. The molecule has 7 nitrogen and oxygen atoms in total. The average molecular weight is 355 g/mol. The van der Waals surface area contributed by atoms with Crippen LogP contribution in [0.4, 0.5) is 11.4 Å². The molecule has 0 aliphatic heterocycles. The number of hydrogen-bond donors (Lipinski definition) is 2. The van der Waals surface area contributed by atoms with E-state index in [9.17, 15) is 14.9 Å². The van der Waals surface area contributed by atoms with E-state index in [1.165, 1.54) is 12.1 Å². The molecule has 0 spiro atoms. The quantitative estimate of drug-likeness (QED) is 0.312. The van der Waals surface area contributed by atoms with E-state index in [0.29, 0.717) is 25.4 Å². The molecule has 0 saturated carbocycles. The number of rotatable bonds is 9. The van der Waals surface area contributed by atoms with Crippen molar-refractivity contribution in [1.82, 2.24) is 5.32 Å². The molecule has 26 heavy (non-hydrogen) atoms. The molecule has 0 aromatic heterocycles. The Labute approximate surface area is 151 Å². The van der Waals surface area contributed by atoms with Gasteiger partial charge in [-0.2, -0.15) is 0 Å². The third-order valence-corrected chi connectivity index (χ3v) is 3.47. The number of carbonyl (C=O) groups excluding carboxylic acids is 1. The maximum absolute atomic E-state index is 11.9. The highest BCUT2D eigenvalue weighted by molar-refractivity contribution is 5.92. The minimum atomic E-state index is -0.445. The summed E-state index contributed by atoms with van der Waals surface area (Å²) in [5.41, 5.74) is 1.25. The number of nitrogens with zero attached hydrogens (tertiary/aromatic N) is 1. The van der Waals surface area contributed by atoms with Crippen molar-refractivity contribution in [2.75, 3.05) is 25.0 Å². The summed E-state index contributed by atoms with van der Waals surface area (Å²) in [5.74, 6) is 0.470. The first-order valence-electron chi connectivity index (χ1n) is 8.27. The minimum absolute atomic E-state index is 0.00579. The Bertz CT molecular complexity index is 790. The Morgan fingerprint density at radius 1 is 1.15 bits per heavy atom. The van der Waals surface area contributed by atoms with Gasteiger partial charge in [0.25, 0.3) is 5.69 Å². The molecule has 0 bridgehead atoms. The second-order valence-corrected chi connectivity index (χ2v) is 5.30. The summed E-state index contributed by atoms with van der Waals surface area (Å²) in [7, 11) is 0. The van der Waals surface area contributed by atoms with Crippen LogP contribution >= 0.6 is 0 Å². The van der Waals surface area contributed by atoms with E-state index >= 15 is 0 Å². The zero-order valence-corrected chi connectivity index (χ0v) is 14.5. The number of para-hydroxylation sites is 3. The molecule has 0 aliphatic rings. The monoisotopic (exact) mass is 355 g/mol. The molecule has 0 unspecified atom stereocenters. The highest BCUT2D eigenvalue weighted by Gasteiger charge is 2.11. The molecule has 2 aromatic carbocycles. The molecule has 0 aliphatic carbocycles. The normalized spacial score (nSPS) is 10.5. The molecule has 7 heteroatoms. The number of anilines is 1. The summed E-state index contributed by atoms with van der Waals surface area (Å²) in [6.45, 7) is 3.16. The second-order valence-electron chi connectivity index (χ2n) is 5.30. The predicted octanol–water partition coefficient (Wildman–Crippen LogP) is 3.24. The smallest absolute Gasteiger partial charge is 0.292 e. The SMILES string of the molecule is CCOc1ccccc1/C=C/C(=O)NCCNc1ccccc1[N+](=O)[O-]. The van der Waals surface area contributed by atoms with Crippen LogP contribution in [0, 0.1) is 10.1 Å². The summed E-state index contributed by atoms with van der Waals surface area (Å²) in [6, 6.07) is 13.8. The number of nitrogens with one attached hydrogen (secondary N) is 2. The lowest BCUT2D eigenvalue weighted by atomic mass is 10.2. The number of ether oxygens (including phenoxy) is 1. The van der Waals surface area contributed by atoms with Crippen LogP contribution in [0.5, 0.6) is 5.75 Å². The minimum Gasteiger partial charge on any atom is -0.493 e. The van der Waals surface area contributed by atoms with Crippen molar-refractivity contribution in [2.24, 2.45) is 0 Å². The highest BCUT2D eigenvalue weighted by Crippen LogP contribution is 2.22. The zero-order valence-electron chi connectivity index (χ0n) is 14.5. The number of benzene rings is 2. The lowest BCUT2D eigenvalue weighted by Crippen LogP contribution is -2.27. The largest absolute Gasteiger partial charge is 0.493 e. The molecule has 2 aromatic rings. The van der Waals surface area contributed by atoms with Crippen LogP contribution in [0.1, 0.15) is 12.5 Å². The molecule has 2 rings (SSSR count). The molecular formula is C19H21N3O4. The van der Waals surface area contributed by atoms with Gasteiger partial charge in [-0.1, -0.05) is 30.3 Å². The molecule has 0 saturated heterocycles. The molecule has 0 atom stereocenters. The number of hydrogen-bond acceptors (Lipinski definition) is 5. The van der Waals surface area contributed by atoms with E-state index < -0.39 is 4.92 Å². The van der Waals surface area contributed by atoms with E-state index in [-0.39, 0.29) is 11.6 Å². The second kappa shape index (κ2) is 9.83. The van der Waals surface area contributed by atoms with Gasteiger partial charge >= 0.3 is 0 Å². The first kappa shape index (κ1) is 19.0. The van der Waals surface area contributed by atoms with E-state index in [0.717, 1.165) is 11.3 Å². The van der Waals surface area contributed by atoms with Gasteiger partial charge in [-0.15, -0.1) is 0 Å². The van der Waals surface area contributed by atoms with Gasteiger partial charge in [0.2, 0.25) is 5.91 Å². The molecule has 1 amide bonds. The summed E-state index contributed by atoms with van der Waals surface area (Å²) >= 11 is 0. The Balaban J connectivity index is 1.82. The molecule has 0 heterocycles. The van der Waals surface area contributed by atoms with Crippen molar-refractivity contribution in [3.05, 3.63) is 70.3 Å². The molecule has 0 fully saturated rings. The van der Waals surface area contributed by atoms with Crippen molar-refractivity contribution in [3.63, 3.8) is 0 Å². The van der Waals surface area contributed by atoms with Gasteiger partial charge in [-0.25, -0.2) is 0 Å². The van der Waals surface area contributed by atoms with Crippen molar-refractivity contribution in [3.8, 4) is 5.75 Å². The maximum atomic E-state index is 11.9.